The van der Waals surface area contributed by atoms with Gasteiger partial charge in [0.05, 0.1) is 23.7 Å². The molecule has 0 aromatic rings. The molecule has 20 atom stereocenters. The second kappa shape index (κ2) is 23.2. The average molecular weight is 1060 g/mol. The summed E-state index contributed by atoms with van der Waals surface area (Å²) in [5.41, 5.74) is 1.12. The molecule has 8 saturated carbocycles. The Hall–Kier alpha value is -1.32. The highest BCUT2D eigenvalue weighted by atomic mass is 32.2. The smallest absolute Gasteiger partial charge is 0.266 e. The Balaban J connectivity index is 0.867. The molecule has 0 spiro atoms. The number of carbonyl (C=O) groups excluding carboxylic acids is 2. The van der Waals surface area contributed by atoms with Gasteiger partial charge in [-0.25, -0.2) is 0 Å². The second-order valence-corrected chi connectivity index (χ2v) is 31.1. The first-order chi connectivity index (χ1) is 34.4. The summed E-state index contributed by atoms with van der Waals surface area (Å²) in [4.78, 5) is 25.4. The number of hydrogen-bond donors (Lipinski definition) is 6. The molecule has 12 nitrogen and oxygen atoms in total. The van der Waals surface area contributed by atoms with Crippen LogP contribution in [0.1, 0.15) is 215 Å². The fourth-order valence-corrected chi connectivity index (χ4v) is 21.4. The van der Waals surface area contributed by atoms with E-state index in [-0.39, 0.29) is 47.9 Å². The summed E-state index contributed by atoms with van der Waals surface area (Å²) in [7, 11) is -8.21. The van der Waals surface area contributed by atoms with Gasteiger partial charge in [-0.2, -0.15) is 16.8 Å². The van der Waals surface area contributed by atoms with Gasteiger partial charge < -0.3 is 20.8 Å². The lowest BCUT2D eigenvalue weighted by Gasteiger charge is -2.63. The fourth-order valence-electron chi connectivity index (χ4n) is 20.6. The van der Waals surface area contributed by atoms with E-state index < -0.39 is 31.7 Å². The predicted molar refractivity (Wildman–Crippen MR) is 288 cm³/mol. The lowest BCUT2D eigenvalue weighted by molar-refractivity contribution is -0.155. The zero-order valence-electron chi connectivity index (χ0n) is 46.2. The summed E-state index contributed by atoms with van der Waals surface area (Å²) in [6, 6.07) is 0. The molecule has 0 aromatic heterocycles. The Labute approximate surface area is 442 Å². The van der Waals surface area contributed by atoms with Gasteiger partial charge in [0.15, 0.2) is 0 Å². The molecule has 0 radical (unpaired) electrons. The molecule has 6 N–H and O–H groups in total. The molecule has 0 bridgehead atoms. The van der Waals surface area contributed by atoms with E-state index in [9.17, 15) is 36.6 Å². The predicted octanol–water partition coefficient (Wildman–Crippen LogP) is 11.0. The van der Waals surface area contributed by atoms with E-state index in [1.807, 2.05) is 0 Å². The maximum absolute atomic E-state index is 12.7. The minimum atomic E-state index is -4.11. The number of nitrogens with one attached hydrogen (secondary N) is 2. The first kappa shape index (κ1) is 57.8. The summed E-state index contributed by atoms with van der Waals surface area (Å²) < 4.78 is 62.9. The van der Waals surface area contributed by atoms with Crippen molar-refractivity contribution in [3.63, 3.8) is 0 Å². The van der Waals surface area contributed by atoms with Crippen molar-refractivity contribution in [2.75, 3.05) is 24.6 Å². The molecular weight excluding hydrogens is 961 g/mol. The molecular formula is C59H102N2O10S2. The van der Waals surface area contributed by atoms with Crippen molar-refractivity contribution in [3.8, 4) is 0 Å². The number of aliphatic hydroxyl groups excluding tert-OH is 2. The van der Waals surface area contributed by atoms with E-state index in [2.05, 4.69) is 52.2 Å². The quantitative estimate of drug-likeness (QED) is 0.0447. The normalized spacial score (nSPS) is 43.0. The summed E-state index contributed by atoms with van der Waals surface area (Å²) in [5, 5.41) is 27.4. The van der Waals surface area contributed by atoms with E-state index in [1.165, 1.54) is 109 Å². The number of hydrogen-bond acceptors (Lipinski definition) is 8. The Kier molecular flexibility index (Phi) is 18.4. The maximum atomic E-state index is 12.7. The van der Waals surface area contributed by atoms with Crippen molar-refractivity contribution in [1.82, 2.24) is 10.6 Å². The van der Waals surface area contributed by atoms with Gasteiger partial charge >= 0.3 is 0 Å². The van der Waals surface area contributed by atoms with E-state index in [4.69, 9.17) is 9.11 Å². The summed E-state index contributed by atoms with van der Waals surface area (Å²) in [6.45, 7) is 15.0. The second-order valence-electron chi connectivity index (χ2n) is 27.9. The number of aliphatic hydroxyl groups is 2. The Morgan fingerprint density at radius 1 is 0.507 bits per heavy atom. The molecule has 8 fully saturated rings. The minimum absolute atomic E-state index is 0.0608. The summed E-state index contributed by atoms with van der Waals surface area (Å²) >= 11 is 0. The number of amides is 2. The van der Waals surface area contributed by atoms with Gasteiger partial charge in [0.1, 0.15) is 0 Å². The zero-order valence-corrected chi connectivity index (χ0v) is 47.8. The number of rotatable bonds is 22. The minimum Gasteiger partial charge on any atom is -0.393 e. The van der Waals surface area contributed by atoms with Crippen molar-refractivity contribution in [2.45, 2.75) is 227 Å². The van der Waals surface area contributed by atoms with Crippen LogP contribution in [0.5, 0.6) is 0 Å². The van der Waals surface area contributed by atoms with E-state index in [0.717, 1.165) is 75.0 Å². The van der Waals surface area contributed by atoms with Gasteiger partial charge in [-0.3, -0.25) is 18.7 Å². The van der Waals surface area contributed by atoms with E-state index >= 15 is 0 Å². The third-order valence-electron chi connectivity index (χ3n) is 24.3. The Bertz CT molecular complexity index is 1980. The summed E-state index contributed by atoms with van der Waals surface area (Å²) in [5.74, 6) is 7.65. The largest absolute Gasteiger partial charge is 0.393 e. The summed E-state index contributed by atoms with van der Waals surface area (Å²) in [6.07, 6.45) is 29.7. The van der Waals surface area contributed by atoms with Crippen molar-refractivity contribution >= 4 is 32.1 Å². The molecule has 8 aliphatic rings. The number of carbonyl (C=O) groups is 2. The van der Waals surface area contributed by atoms with Gasteiger partial charge in [-0.1, -0.05) is 86.5 Å². The topological polar surface area (TPSA) is 207 Å². The molecule has 2 amide bonds. The highest BCUT2D eigenvalue weighted by Crippen LogP contribution is 2.72. The first-order valence-electron chi connectivity index (χ1n) is 30.2. The monoisotopic (exact) mass is 1060 g/mol. The van der Waals surface area contributed by atoms with Gasteiger partial charge in [0.25, 0.3) is 20.2 Å². The fraction of sp³-hybridized carbons (Fsp3) is 0.966. The third kappa shape index (κ3) is 12.6. The van der Waals surface area contributed by atoms with Crippen LogP contribution in [0.4, 0.5) is 0 Å². The van der Waals surface area contributed by atoms with Gasteiger partial charge in [0.2, 0.25) is 11.8 Å². The molecule has 2 unspecified atom stereocenters. The Morgan fingerprint density at radius 3 is 1.25 bits per heavy atom. The van der Waals surface area contributed by atoms with E-state index in [0.29, 0.717) is 82.9 Å². The first-order valence-corrected chi connectivity index (χ1v) is 33.4. The third-order valence-corrected chi connectivity index (χ3v) is 25.8. The lowest BCUT2D eigenvalue weighted by atomic mass is 9.42. The van der Waals surface area contributed by atoms with Crippen LogP contribution in [-0.2, 0) is 29.8 Å². The van der Waals surface area contributed by atoms with E-state index in [1.54, 1.807) is 0 Å². The maximum Gasteiger partial charge on any atom is 0.266 e. The van der Waals surface area contributed by atoms with Gasteiger partial charge in [-0.05, 0) is 220 Å². The molecule has 14 heteroatoms. The molecule has 0 saturated heterocycles. The van der Waals surface area contributed by atoms with Crippen molar-refractivity contribution in [1.29, 1.82) is 0 Å². The van der Waals surface area contributed by atoms with Gasteiger partial charge in [-0.15, -0.1) is 0 Å². The average Bonchev–Trinajstić information content (AvgIpc) is 3.86. The van der Waals surface area contributed by atoms with Crippen molar-refractivity contribution in [3.05, 3.63) is 0 Å². The van der Waals surface area contributed by atoms with Crippen LogP contribution in [0.25, 0.3) is 0 Å². The van der Waals surface area contributed by atoms with Crippen LogP contribution in [0.2, 0.25) is 0 Å². The standard InChI is InChI=1S/C59H102N2O10S2/c1-38(14-20-52(64)60-30-32-72(66,67)68)46-16-18-48-54-40(34-42-36-44(62)22-26-56(42,3)50(54)24-28-58(46,48)5)12-10-8-7-9-11-13-41-35-43-37-45(63)23-27-57(43,4)51-25-29-59(6)47(17-19-49(59)55(41)51)39(2)15-21-53(65)61-31-33-73(69,70)71/h38-51,54-55,62-63H,7-37H2,1-6H3,(H,60,64)(H,61,65)(H,66,67,68)(H,69,70,71)/t38-,39-,40-,41-,42?,43?,44+,45+,46-,47+,48-,49-,50-,51-,54-,55-,56-,57-,58+,59+/m1/s1. The highest BCUT2D eigenvalue weighted by molar-refractivity contribution is 7.86. The van der Waals surface area contributed by atoms with Crippen LogP contribution >= 0.6 is 0 Å². The molecule has 73 heavy (non-hydrogen) atoms. The van der Waals surface area contributed by atoms with Crippen LogP contribution < -0.4 is 10.6 Å². The SMILES string of the molecule is C[C@H](CCC(=O)NCCS(=O)(=O)O)[C@H]1CC[C@@H]2[C@H]3[C@H](CCCCCCC[C@@H]4CC5C[C@@H](O)CC[C@@]5(C)[C@@H]5CC[C@]6(C)[C@H](CC[C@H]6[C@H](C)CCC(=O)NCCS(=O)(=O)O)[C@@H]45)CC4C[C@@H](O)CC[C@@]4(C)[C@@H]3CC[C@]21C. The number of unbranched alkanes of at least 4 members (excludes halogenated alkanes) is 4. The molecule has 8 rings (SSSR count). The lowest BCUT2D eigenvalue weighted by Crippen LogP contribution is -2.57. The molecule has 0 aromatic carbocycles. The van der Waals surface area contributed by atoms with Crippen molar-refractivity contribution < 1.29 is 45.7 Å². The van der Waals surface area contributed by atoms with Crippen LogP contribution in [0.3, 0.4) is 0 Å². The zero-order chi connectivity index (χ0) is 52.7. The molecule has 0 heterocycles. The van der Waals surface area contributed by atoms with Crippen LogP contribution in [0.15, 0.2) is 0 Å². The highest BCUT2D eigenvalue weighted by Gasteiger charge is 2.64. The molecule has 8 aliphatic carbocycles. The molecule has 0 aliphatic heterocycles. The Morgan fingerprint density at radius 2 is 0.863 bits per heavy atom. The van der Waals surface area contributed by atoms with Crippen molar-refractivity contribution in [2.24, 2.45) is 105 Å². The van der Waals surface area contributed by atoms with Gasteiger partial charge in [0, 0.05) is 25.9 Å². The van der Waals surface area contributed by atoms with Crippen LogP contribution in [0, 0.1) is 105 Å². The molecule has 420 valence electrons. The van der Waals surface area contributed by atoms with Crippen LogP contribution in [-0.4, -0.2) is 84.8 Å². The number of fused-ring (bicyclic) bond motifs is 10.